The third kappa shape index (κ3) is 3.56. The number of ketones is 3. The Kier molecular flexibility index (Phi) is 7.29. The summed E-state index contributed by atoms with van der Waals surface area (Å²) in [5.74, 6) is -7.30. The molecule has 0 saturated heterocycles. The molecule has 0 spiro atoms. The molecule has 41 heavy (non-hydrogen) atoms. The fourth-order valence-electron chi connectivity index (χ4n) is 8.04. The lowest BCUT2D eigenvalue weighted by Gasteiger charge is -2.63. The number of benzene rings is 1. The fraction of sp³-hybridized carbons (Fsp3) is 0.485. The van der Waals surface area contributed by atoms with Crippen LogP contribution in [0, 0.1) is 22.7 Å². The Bertz CT molecular complexity index is 1440. The van der Waals surface area contributed by atoms with Gasteiger partial charge in [-0.3, -0.25) is 14.4 Å². The third-order valence-electron chi connectivity index (χ3n) is 10.2. The van der Waals surface area contributed by atoms with Gasteiger partial charge in [0.2, 0.25) is 5.78 Å². The van der Waals surface area contributed by atoms with Crippen molar-refractivity contribution in [3.63, 3.8) is 0 Å². The van der Waals surface area contributed by atoms with Gasteiger partial charge in [-0.25, -0.2) is 0 Å². The summed E-state index contributed by atoms with van der Waals surface area (Å²) in [6.07, 6.45) is 2.75. The van der Waals surface area contributed by atoms with Crippen molar-refractivity contribution >= 4 is 17.3 Å². The van der Waals surface area contributed by atoms with Gasteiger partial charge >= 0.3 is 0 Å². The minimum absolute atomic E-state index is 0.0830. The van der Waals surface area contributed by atoms with Crippen LogP contribution in [-0.4, -0.2) is 54.6 Å². The summed E-state index contributed by atoms with van der Waals surface area (Å²) in [4.78, 5) is 40.7. The zero-order chi connectivity index (χ0) is 31.0. The zero-order valence-electron chi connectivity index (χ0n) is 24.5. The maximum Gasteiger partial charge on any atom is 0.209 e. The van der Waals surface area contributed by atoms with Gasteiger partial charge in [-0.05, 0) is 48.6 Å². The molecule has 0 aromatic heterocycles. The number of carbonyl (C=O) groups is 3. The first kappa shape index (κ1) is 30.5. The molecular weight excluding hydrogens is 524 g/mol. The smallest absolute Gasteiger partial charge is 0.209 e. The Morgan fingerprint density at radius 3 is 2.12 bits per heavy atom. The monoisotopic (exact) mass is 564 g/mol. The van der Waals surface area contributed by atoms with Gasteiger partial charge < -0.3 is 25.5 Å². The second kappa shape index (κ2) is 9.81. The quantitative estimate of drug-likeness (QED) is 0.226. The molecule has 0 radical (unpaired) electrons. The van der Waals surface area contributed by atoms with E-state index in [2.05, 4.69) is 13.2 Å². The number of rotatable bonds is 7. The Hall–Kier alpha value is -3.49. The van der Waals surface area contributed by atoms with E-state index in [1.807, 2.05) is 0 Å². The van der Waals surface area contributed by atoms with Crippen LogP contribution in [-0.2, 0) is 9.59 Å². The second-order valence-corrected chi connectivity index (χ2v) is 12.5. The number of Topliss-reactive ketones (excluding diaryl/α,β-unsaturated/α-hetero) is 3. The summed E-state index contributed by atoms with van der Waals surface area (Å²) in [5.41, 5.74) is -6.63. The van der Waals surface area contributed by atoms with E-state index in [9.17, 15) is 39.9 Å². The molecule has 6 atom stereocenters. The number of hydrogen-bond acceptors (Lipinski definition) is 8. The van der Waals surface area contributed by atoms with Crippen LogP contribution in [0.2, 0.25) is 0 Å². The molecule has 1 aromatic carbocycles. The van der Waals surface area contributed by atoms with Crippen molar-refractivity contribution in [2.45, 2.75) is 77.9 Å². The highest BCUT2D eigenvalue weighted by molar-refractivity contribution is 6.25. The number of aliphatic hydroxyl groups excluding tert-OH is 3. The second-order valence-electron chi connectivity index (χ2n) is 12.5. The highest BCUT2D eigenvalue weighted by Gasteiger charge is 2.76. The number of allylic oxidation sites excluding steroid dienone is 3. The number of carbonyl (C=O) groups excluding carboxylic acids is 3. The van der Waals surface area contributed by atoms with Gasteiger partial charge in [0.1, 0.15) is 22.8 Å². The molecule has 4 rings (SSSR count). The fourth-order valence-corrected chi connectivity index (χ4v) is 8.04. The Morgan fingerprint density at radius 2 is 1.63 bits per heavy atom. The maximum absolute atomic E-state index is 14.3. The largest absolute Gasteiger partial charge is 0.511 e. The average Bonchev–Trinajstić information content (AvgIpc) is 2.88. The normalized spacial score (nSPS) is 33.1. The zero-order valence-corrected chi connectivity index (χ0v) is 24.5. The molecular formula is C33H40O8. The first-order valence-electron chi connectivity index (χ1n) is 14.0. The third-order valence-corrected chi connectivity index (χ3v) is 10.2. The molecule has 0 aliphatic heterocycles. The summed E-state index contributed by atoms with van der Waals surface area (Å²) in [7, 11) is 0. The highest BCUT2D eigenvalue weighted by atomic mass is 16.4. The van der Waals surface area contributed by atoms with Crippen molar-refractivity contribution in [1.82, 2.24) is 0 Å². The topological polar surface area (TPSA) is 152 Å². The van der Waals surface area contributed by atoms with Crippen LogP contribution in [0.1, 0.15) is 87.7 Å². The molecule has 8 heteroatoms. The summed E-state index contributed by atoms with van der Waals surface area (Å²) < 4.78 is 0. The summed E-state index contributed by atoms with van der Waals surface area (Å²) in [5, 5.41) is 59.0. The minimum atomic E-state index is -2.91. The Labute approximate surface area is 240 Å². The van der Waals surface area contributed by atoms with Crippen LogP contribution in [0.3, 0.4) is 0 Å². The molecule has 8 nitrogen and oxygen atoms in total. The van der Waals surface area contributed by atoms with Crippen molar-refractivity contribution in [3.8, 4) is 5.75 Å². The minimum Gasteiger partial charge on any atom is -0.511 e. The van der Waals surface area contributed by atoms with Crippen molar-refractivity contribution in [1.29, 1.82) is 0 Å². The summed E-state index contributed by atoms with van der Waals surface area (Å²) in [6, 6.07) is 3.45. The van der Waals surface area contributed by atoms with Gasteiger partial charge in [0.05, 0.1) is 17.2 Å². The van der Waals surface area contributed by atoms with Crippen molar-refractivity contribution < 1.29 is 39.9 Å². The molecule has 5 N–H and O–H groups in total. The Morgan fingerprint density at radius 1 is 1.07 bits per heavy atom. The van der Waals surface area contributed by atoms with Gasteiger partial charge in [0.15, 0.2) is 17.2 Å². The molecule has 3 aliphatic rings. The molecule has 0 heterocycles. The van der Waals surface area contributed by atoms with E-state index >= 15 is 0 Å². The van der Waals surface area contributed by atoms with Crippen LogP contribution in [0.25, 0.3) is 0 Å². The van der Waals surface area contributed by atoms with Crippen molar-refractivity contribution in [2.24, 2.45) is 22.7 Å². The first-order valence-corrected chi connectivity index (χ1v) is 14.0. The van der Waals surface area contributed by atoms with E-state index in [4.69, 9.17) is 0 Å². The Balaban J connectivity index is 2.10. The number of aliphatic hydroxyl groups is 4. The van der Waals surface area contributed by atoms with Crippen molar-refractivity contribution in [3.05, 3.63) is 76.8 Å². The van der Waals surface area contributed by atoms with E-state index in [1.165, 1.54) is 6.92 Å². The number of aromatic hydroxyl groups is 1. The number of fused-ring (bicyclic) bond motifs is 3. The van der Waals surface area contributed by atoms with Gasteiger partial charge in [-0.15, -0.1) is 13.2 Å². The number of phenolic OH excluding ortho intramolecular Hbond substituents is 1. The van der Waals surface area contributed by atoms with E-state index in [0.29, 0.717) is 24.0 Å². The standard InChI is InChI=1S/C33H40O8/c1-9-11-18(12-10-2)20-14-13-19-16(5)31(7)24(27(37)22(19)25(20)35)29(39)33(41)28(38)21(17(6)34)26(36)23(15(3)4)32(33,8)30(31)40/h9-10,13-16,18,23,30,35-36,39-41H,1-2,11-12H2,3-8H3/t16-,23?,30-,31+,32+,33+/m1/s1. The predicted octanol–water partition coefficient (Wildman–Crippen LogP) is 5.11. The first-order chi connectivity index (χ1) is 19.0. The molecule has 0 fully saturated rings. The molecule has 0 amide bonds. The van der Waals surface area contributed by atoms with E-state index < -0.39 is 80.3 Å². The molecule has 220 valence electrons. The molecule has 1 unspecified atom stereocenters. The molecule has 3 aliphatic carbocycles. The van der Waals surface area contributed by atoms with Crippen LogP contribution in [0.4, 0.5) is 0 Å². The van der Waals surface area contributed by atoms with Crippen LogP contribution >= 0.6 is 0 Å². The molecule has 1 aromatic rings. The molecule has 0 bridgehead atoms. The SMILES string of the molecule is C=CCC(CC=C)c1ccc2c(c1O)C(=O)C1=C(O)[C@@]3(O)C(=O)C(C(C)=O)=C(O)C(C(C)C)[C@@]3(C)[C@H](O)[C@@]1(C)[C@@H]2C. The van der Waals surface area contributed by atoms with Crippen LogP contribution in [0.5, 0.6) is 5.75 Å². The lowest BCUT2D eigenvalue weighted by molar-refractivity contribution is -0.211. The van der Waals surface area contributed by atoms with Gasteiger partial charge in [0.25, 0.3) is 0 Å². The van der Waals surface area contributed by atoms with E-state index in [0.717, 1.165) is 6.92 Å². The van der Waals surface area contributed by atoms with Gasteiger partial charge in [-0.2, -0.15) is 0 Å². The van der Waals surface area contributed by atoms with Crippen LogP contribution in [0.15, 0.2) is 60.1 Å². The predicted molar refractivity (Wildman–Crippen MR) is 154 cm³/mol. The summed E-state index contributed by atoms with van der Waals surface area (Å²) >= 11 is 0. The lowest BCUT2D eigenvalue weighted by atomic mass is 9.41. The van der Waals surface area contributed by atoms with E-state index in [-0.39, 0.29) is 17.2 Å². The number of phenols is 1. The van der Waals surface area contributed by atoms with Crippen LogP contribution < -0.4 is 0 Å². The van der Waals surface area contributed by atoms with Gasteiger partial charge in [0, 0.05) is 16.7 Å². The maximum atomic E-state index is 14.3. The van der Waals surface area contributed by atoms with E-state index in [1.54, 1.807) is 52.0 Å². The lowest BCUT2D eigenvalue weighted by Crippen LogP contribution is -2.73. The van der Waals surface area contributed by atoms with Crippen molar-refractivity contribution in [2.75, 3.05) is 0 Å². The van der Waals surface area contributed by atoms with Gasteiger partial charge in [-0.1, -0.05) is 58.9 Å². The summed E-state index contributed by atoms with van der Waals surface area (Å²) in [6.45, 7) is 16.7. The molecule has 0 saturated carbocycles. The average molecular weight is 565 g/mol. The highest BCUT2D eigenvalue weighted by Crippen LogP contribution is 2.67. The number of hydrogen-bond donors (Lipinski definition) is 5.